The highest BCUT2D eigenvalue weighted by Gasteiger charge is 2.37. The largest absolute Gasteiger partial charge is 0.316 e. The van der Waals surface area contributed by atoms with Crippen molar-refractivity contribution in [2.24, 2.45) is 17.3 Å². The number of hydrogen-bond donors (Lipinski definition) is 1. The average Bonchev–Trinajstić information content (AvgIpc) is 2.16. The number of nitrogens with one attached hydrogen (secondary N) is 1. The van der Waals surface area contributed by atoms with Crippen LogP contribution in [0.3, 0.4) is 0 Å². The number of carbonyl (C=O) groups excluding carboxylic acids is 1. The van der Waals surface area contributed by atoms with Gasteiger partial charge in [0, 0.05) is 17.9 Å². The Labute approximate surface area is 87.5 Å². The second-order valence-electron chi connectivity index (χ2n) is 5.24. The van der Waals surface area contributed by atoms with Crippen molar-refractivity contribution in [3.05, 3.63) is 0 Å². The van der Waals surface area contributed by atoms with E-state index in [4.69, 9.17) is 0 Å². The first-order valence-electron chi connectivity index (χ1n) is 5.72. The molecule has 0 saturated carbocycles. The van der Waals surface area contributed by atoms with Crippen molar-refractivity contribution in [1.29, 1.82) is 0 Å². The minimum Gasteiger partial charge on any atom is -0.316 e. The van der Waals surface area contributed by atoms with Gasteiger partial charge in [0.15, 0.2) is 0 Å². The quantitative estimate of drug-likeness (QED) is 0.751. The summed E-state index contributed by atoms with van der Waals surface area (Å²) in [4.78, 5) is 12.2. The van der Waals surface area contributed by atoms with E-state index in [1.54, 1.807) is 0 Å². The van der Waals surface area contributed by atoms with E-state index in [2.05, 4.69) is 33.0 Å². The Balaban J connectivity index is 2.66. The molecule has 0 bridgehead atoms. The van der Waals surface area contributed by atoms with E-state index in [0.29, 0.717) is 11.7 Å². The highest BCUT2D eigenvalue weighted by molar-refractivity contribution is 5.87. The molecule has 2 unspecified atom stereocenters. The van der Waals surface area contributed by atoms with Crippen molar-refractivity contribution in [2.45, 2.75) is 40.5 Å². The molecule has 1 aliphatic heterocycles. The summed E-state index contributed by atoms with van der Waals surface area (Å²) in [6.45, 7) is 10.4. The van der Waals surface area contributed by atoms with E-state index < -0.39 is 0 Å². The molecule has 2 heteroatoms. The molecule has 0 aromatic carbocycles. The third kappa shape index (κ3) is 2.35. The fourth-order valence-electron chi connectivity index (χ4n) is 2.12. The molecule has 0 amide bonds. The van der Waals surface area contributed by atoms with Crippen LogP contribution in [0.2, 0.25) is 0 Å². The average molecular weight is 197 g/mol. The highest BCUT2D eigenvalue weighted by Crippen LogP contribution is 2.31. The third-order valence-corrected chi connectivity index (χ3v) is 3.61. The van der Waals surface area contributed by atoms with Crippen LogP contribution in [0, 0.1) is 17.3 Å². The fourth-order valence-corrected chi connectivity index (χ4v) is 2.12. The van der Waals surface area contributed by atoms with Gasteiger partial charge in [-0.25, -0.2) is 0 Å². The summed E-state index contributed by atoms with van der Waals surface area (Å²) in [6.07, 6.45) is 2.18. The van der Waals surface area contributed by atoms with Crippen LogP contribution in [0.25, 0.3) is 0 Å². The van der Waals surface area contributed by atoms with Crippen molar-refractivity contribution in [1.82, 2.24) is 5.32 Å². The van der Waals surface area contributed by atoms with Crippen LogP contribution in [0.1, 0.15) is 40.5 Å². The zero-order chi connectivity index (χ0) is 10.8. The van der Waals surface area contributed by atoms with Gasteiger partial charge < -0.3 is 5.32 Å². The van der Waals surface area contributed by atoms with Gasteiger partial charge in [0.1, 0.15) is 5.78 Å². The summed E-state index contributed by atoms with van der Waals surface area (Å²) < 4.78 is 0. The Kier molecular flexibility index (Phi) is 3.71. The monoisotopic (exact) mass is 197 g/mol. The van der Waals surface area contributed by atoms with Gasteiger partial charge in [-0.05, 0) is 25.3 Å². The van der Waals surface area contributed by atoms with Crippen molar-refractivity contribution in [2.75, 3.05) is 13.1 Å². The van der Waals surface area contributed by atoms with Crippen molar-refractivity contribution in [3.8, 4) is 0 Å². The van der Waals surface area contributed by atoms with Gasteiger partial charge in [-0.15, -0.1) is 0 Å². The van der Waals surface area contributed by atoms with Crippen LogP contribution in [0.5, 0.6) is 0 Å². The van der Waals surface area contributed by atoms with Gasteiger partial charge in [-0.2, -0.15) is 0 Å². The van der Waals surface area contributed by atoms with Gasteiger partial charge in [0.2, 0.25) is 0 Å². The predicted octanol–water partition coefficient (Wildman–Crippen LogP) is 2.24. The molecule has 1 N–H and O–H groups in total. The molecule has 0 aromatic heterocycles. The van der Waals surface area contributed by atoms with E-state index in [0.717, 1.165) is 25.9 Å². The Hall–Kier alpha value is -0.370. The minimum absolute atomic E-state index is 0.109. The van der Waals surface area contributed by atoms with Crippen molar-refractivity contribution in [3.63, 3.8) is 0 Å². The molecular formula is C12H23NO. The summed E-state index contributed by atoms with van der Waals surface area (Å²) in [5.74, 6) is 1.10. The number of piperidine rings is 1. The van der Waals surface area contributed by atoms with E-state index >= 15 is 0 Å². The second kappa shape index (κ2) is 4.43. The van der Waals surface area contributed by atoms with E-state index in [1.165, 1.54) is 0 Å². The van der Waals surface area contributed by atoms with E-state index in [1.807, 2.05) is 0 Å². The summed E-state index contributed by atoms with van der Waals surface area (Å²) in [7, 11) is 0. The number of hydrogen-bond acceptors (Lipinski definition) is 2. The lowest BCUT2D eigenvalue weighted by Gasteiger charge is -2.35. The lowest BCUT2D eigenvalue weighted by molar-refractivity contribution is -0.133. The number of rotatable bonds is 3. The number of Topliss-reactive ketones (excluding diaryl/α,β-unsaturated/α-hetero) is 1. The van der Waals surface area contributed by atoms with Crippen LogP contribution >= 0.6 is 0 Å². The molecule has 1 aliphatic rings. The molecular weight excluding hydrogens is 174 g/mol. The smallest absolute Gasteiger partial charge is 0.143 e. The molecule has 0 aliphatic carbocycles. The highest BCUT2D eigenvalue weighted by atomic mass is 16.1. The van der Waals surface area contributed by atoms with Crippen LogP contribution in [0.4, 0.5) is 0 Å². The maximum Gasteiger partial charge on any atom is 0.143 e. The zero-order valence-corrected chi connectivity index (χ0v) is 9.89. The minimum atomic E-state index is -0.109. The summed E-state index contributed by atoms with van der Waals surface area (Å²) in [6, 6.07) is 0. The Morgan fingerprint density at radius 2 is 2.00 bits per heavy atom. The van der Waals surface area contributed by atoms with Gasteiger partial charge >= 0.3 is 0 Å². The van der Waals surface area contributed by atoms with Crippen LogP contribution in [-0.2, 0) is 4.79 Å². The molecule has 0 spiro atoms. The van der Waals surface area contributed by atoms with Crippen LogP contribution < -0.4 is 5.32 Å². The molecule has 0 aromatic rings. The second-order valence-corrected chi connectivity index (χ2v) is 5.24. The first kappa shape index (κ1) is 11.7. The third-order valence-electron chi connectivity index (χ3n) is 3.61. The van der Waals surface area contributed by atoms with Gasteiger partial charge in [-0.1, -0.05) is 27.7 Å². The summed E-state index contributed by atoms with van der Waals surface area (Å²) in [5, 5.41) is 3.33. The van der Waals surface area contributed by atoms with Crippen LogP contribution in [-0.4, -0.2) is 18.9 Å². The SMILES string of the molecule is CC(C)C(C)C(=O)C1(C)CCCNC1. The molecule has 2 atom stereocenters. The molecule has 1 rings (SSSR count). The van der Waals surface area contributed by atoms with Gasteiger partial charge in [-0.3, -0.25) is 4.79 Å². The maximum atomic E-state index is 12.2. The molecule has 14 heavy (non-hydrogen) atoms. The number of carbonyl (C=O) groups is 1. The topological polar surface area (TPSA) is 29.1 Å². The zero-order valence-electron chi connectivity index (χ0n) is 9.89. The lowest BCUT2D eigenvalue weighted by Crippen LogP contribution is -2.46. The number of ketones is 1. The molecule has 1 heterocycles. The Morgan fingerprint density at radius 3 is 2.43 bits per heavy atom. The summed E-state index contributed by atoms with van der Waals surface area (Å²) in [5.41, 5.74) is -0.109. The molecule has 82 valence electrons. The Bertz CT molecular complexity index is 204. The Morgan fingerprint density at radius 1 is 1.36 bits per heavy atom. The van der Waals surface area contributed by atoms with E-state index in [-0.39, 0.29) is 11.3 Å². The fraction of sp³-hybridized carbons (Fsp3) is 0.917. The molecule has 0 radical (unpaired) electrons. The summed E-state index contributed by atoms with van der Waals surface area (Å²) >= 11 is 0. The van der Waals surface area contributed by atoms with Crippen LogP contribution in [0.15, 0.2) is 0 Å². The molecule has 2 nitrogen and oxygen atoms in total. The predicted molar refractivity (Wildman–Crippen MR) is 59.2 cm³/mol. The first-order chi connectivity index (χ1) is 6.47. The first-order valence-corrected chi connectivity index (χ1v) is 5.72. The lowest BCUT2D eigenvalue weighted by atomic mass is 9.72. The van der Waals surface area contributed by atoms with E-state index in [9.17, 15) is 4.79 Å². The molecule has 1 saturated heterocycles. The maximum absolute atomic E-state index is 12.2. The van der Waals surface area contributed by atoms with Gasteiger partial charge in [0.05, 0.1) is 0 Å². The van der Waals surface area contributed by atoms with Gasteiger partial charge in [0.25, 0.3) is 0 Å². The normalized spacial score (nSPS) is 30.4. The standard InChI is InChI=1S/C12H23NO/c1-9(2)10(3)11(14)12(4)6-5-7-13-8-12/h9-10,13H,5-8H2,1-4H3. The van der Waals surface area contributed by atoms with Crippen molar-refractivity contribution < 1.29 is 4.79 Å². The molecule has 1 fully saturated rings. The van der Waals surface area contributed by atoms with Crippen molar-refractivity contribution >= 4 is 5.78 Å².